The second-order valence-electron chi connectivity index (χ2n) is 6.11. The lowest BCUT2D eigenvalue weighted by Crippen LogP contribution is -2.17. The Balaban J connectivity index is 1.43. The molecular formula is C19H15NO5. The van der Waals surface area contributed by atoms with E-state index in [2.05, 4.69) is 4.99 Å². The van der Waals surface area contributed by atoms with Crippen LogP contribution in [0, 0.1) is 0 Å². The number of carbonyl (C=O) groups excluding carboxylic acids is 1. The number of ketones is 1. The number of carbonyl (C=O) groups is 1. The summed E-state index contributed by atoms with van der Waals surface area (Å²) in [5.41, 5.74) is 3.51. The third-order valence-electron chi connectivity index (χ3n) is 4.62. The summed E-state index contributed by atoms with van der Waals surface area (Å²) < 4.78 is 21.5. The highest BCUT2D eigenvalue weighted by Crippen LogP contribution is 2.37. The second kappa shape index (κ2) is 5.51. The van der Waals surface area contributed by atoms with E-state index >= 15 is 0 Å². The molecule has 6 nitrogen and oxygen atoms in total. The first kappa shape index (κ1) is 14.3. The number of hydrogen-bond donors (Lipinski definition) is 0. The Bertz CT molecular complexity index is 918. The fourth-order valence-electron chi connectivity index (χ4n) is 3.33. The Morgan fingerprint density at radius 1 is 0.920 bits per heavy atom. The molecule has 0 fully saturated rings. The van der Waals surface area contributed by atoms with E-state index in [0.29, 0.717) is 29.4 Å². The van der Waals surface area contributed by atoms with Gasteiger partial charge in [0, 0.05) is 17.7 Å². The van der Waals surface area contributed by atoms with Crippen LogP contribution in [-0.2, 0) is 6.42 Å². The zero-order chi connectivity index (χ0) is 16.8. The van der Waals surface area contributed by atoms with E-state index in [9.17, 15) is 4.79 Å². The van der Waals surface area contributed by atoms with Gasteiger partial charge in [-0.05, 0) is 42.3 Å². The number of Topliss-reactive ketones (excluding diaryl/α,β-unsaturated/α-hetero) is 1. The average molecular weight is 337 g/mol. The maximum absolute atomic E-state index is 12.7. The molecule has 0 aromatic heterocycles. The number of fused-ring (bicyclic) bond motifs is 3. The van der Waals surface area contributed by atoms with Crippen LogP contribution in [0.5, 0.6) is 23.0 Å². The summed E-state index contributed by atoms with van der Waals surface area (Å²) in [7, 11) is 0. The summed E-state index contributed by atoms with van der Waals surface area (Å²) in [4.78, 5) is 17.3. The molecule has 2 aromatic carbocycles. The van der Waals surface area contributed by atoms with Gasteiger partial charge < -0.3 is 18.9 Å². The Labute approximate surface area is 144 Å². The molecule has 0 atom stereocenters. The maximum atomic E-state index is 12.7. The molecular weight excluding hydrogens is 322 g/mol. The Hall–Kier alpha value is -3.02. The van der Waals surface area contributed by atoms with Crippen molar-refractivity contribution in [2.75, 3.05) is 20.1 Å². The standard InChI is InChI=1S/C19H15NO5/c21-15(12-1-2-16-17(6-12)23-9-22-16)8-14-13-7-19-18(24-10-25-19)5-11(13)3-4-20-14/h1-2,5-7H,3-4,8-10H2. The van der Waals surface area contributed by atoms with Gasteiger partial charge >= 0.3 is 0 Å². The van der Waals surface area contributed by atoms with Crippen LogP contribution in [0.4, 0.5) is 0 Å². The predicted octanol–water partition coefficient (Wildman–Crippen LogP) is 2.76. The molecule has 0 amide bonds. The van der Waals surface area contributed by atoms with Crippen LogP contribution in [0.15, 0.2) is 35.3 Å². The SMILES string of the molecule is O=C(CC1=NCCc2cc3c(cc21)OCO3)c1ccc2c(c1)OCO2. The van der Waals surface area contributed by atoms with Crippen molar-refractivity contribution in [3.63, 3.8) is 0 Å². The highest BCUT2D eigenvalue weighted by molar-refractivity contribution is 6.17. The fourth-order valence-corrected chi connectivity index (χ4v) is 3.33. The first-order valence-corrected chi connectivity index (χ1v) is 8.17. The smallest absolute Gasteiger partial charge is 0.231 e. The molecule has 126 valence electrons. The van der Waals surface area contributed by atoms with Crippen LogP contribution in [0.25, 0.3) is 0 Å². The molecule has 0 N–H and O–H groups in total. The Morgan fingerprint density at radius 2 is 1.64 bits per heavy atom. The lowest BCUT2D eigenvalue weighted by molar-refractivity contribution is 0.1000. The van der Waals surface area contributed by atoms with Crippen LogP contribution in [0.3, 0.4) is 0 Å². The lowest BCUT2D eigenvalue weighted by Gasteiger charge is -2.17. The summed E-state index contributed by atoms with van der Waals surface area (Å²) in [5, 5.41) is 0. The number of hydrogen-bond acceptors (Lipinski definition) is 6. The van der Waals surface area contributed by atoms with E-state index in [0.717, 1.165) is 29.0 Å². The third kappa shape index (κ3) is 2.41. The van der Waals surface area contributed by atoms with Crippen molar-refractivity contribution in [3.05, 3.63) is 47.0 Å². The summed E-state index contributed by atoms with van der Waals surface area (Å²) in [5.74, 6) is 2.76. The summed E-state index contributed by atoms with van der Waals surface area (Å²) in [6.07, 6.45) is 1.08. The monoisotopic (exact) mass is 337 g/mol. The third-order valence-corrected chi connectivity index (χ3v) is 4.62. The molecule has 6 heteroatoms. The van der Waals surface area contributed by atoms with E-state index in [1.165, 1.54) is 0 Å². The lowest BCUT2D eigenvalue weighted by atomic mass is 9.93. The number of aliphatic imine (C=N–C) groups is 1. The van der Waals surface area contributed by atoms with Gasteiger partial charge in [0.2, 0.25) is 13.6 Å². The number of ether oxygens (including phenoxy) is 4. The molecule has 2 aromatic rings. The van der Waals surface area contributed by atoms with E-state index in [4.69, 9.17) is 18.9 Å². The van der Waals surface area contributed by atoms with Crippen molar-refractivity contribution < 1.29 is 23.7 Å². The molecule has 25 heavy (non-hydrogen) atoms. The molecule has 0 saturated carbocycles. The van der Waals surface area contributed by atoms with Gasteiger partial charge in [0.05, 0.1) is 12.1 Å². The molecule has 3 aliphatic heterocycles. The maximum Gasteiger partial charge on any atom is 0.231 e. The number of rotatable bonds is 3. The predicted molar refractivity (Wildman–Crippen MR) is 89.2 cm³/mol. The summed E-state index contributed by atoms with van der Waals surface area (Å²) in [6.45, 7) is 1.11. The van der Waals surface area contributed by atoms with Gasteiger partial charge in [-0.3, -0.25) is 9.79 Å². The molecule has 0 spiro atoms. The van der Waals surface area contributed by atoms with Crippen LogP contribution in [0.1, 0.15) is 27.9 Å². The van der Waals surface area contributed by atoms with Crippen LogP contribution >= 0.6 is 0 Å². The quantitative estimate of drug-likeness (QED) is 0.806. The van der Waals surface area contributed by atoms with Gasteiger partial charge in [0.15, 0.2) is 28.8 Å². The van der Waals surface area contributed by atoms with Gasteiger partial charge in [-0.1, -0.05) is 0 Å². The van der Waals surface area contributed by atoms with E-state index in [-0.39, 0.29) is 25.8 Å². The largest absolute Gasteiger partial charge is 0.454 e. The number of benzene rings is 2. The molecule has 5 rings (SSSR count). The number of nitrogens with zero attached hydrogens (tertiary/aromatic N) is 1. The van der Waals surface area contributed by atoms with Crippen LogP contribution < -0.4 is 18.9 Å². The molecule has 3 heterocycles. The first-order valence-electron chi connectivity index (χ1n) is 8.17. The minimum absolute atomic E-state index is 0.00238. The van der Waals surface area contributed by atoms with Crippen molar-refractivity contribution in [2.45, 2.75) is 12.8 Å². The molecule has 0 bridgehead atoms. The zero-order valence-electron chi connectivity index (χ0n) is 13.4. The topological polar surface area (TPSA) is 66.4 Å². The van der Waals surface area contributed by atoms with Crippen molar-refractivity contribution in [3.8, 4) is 23.0 Å². The molecule has 0 saturated heterocycles. The highest BCUT2D eigenvalue weighted by atomic mass is 16.7. The Kier molecular flexibility index (Phi) is 3.16. The highest BCUT2D eigenvalue weighted by Gasteiger charge is 2.24. The van der Waals surface area contributed by atoms with Crippen LogP contribution in [-0.4, -0.2) is 31.6 Å². The van der Waals surface area contributed by atoms with Crippen molar-refractivity contribution >= 4 is 11.5 Å². The summed E-state index contributed by atoms with van der Waals surface area (Å²) in [6, 6.07) is 9.19. The van der Waals surface area contributed by atoms with Gasteiger partial charge in [-0.2, -0.15) is 0 Å². The van der Waals surface area contributed by atoms with Crippen molar-refractivity contribution in [1.82, 2.24) is 0 Å². The van der Waals surface area contributed by atoms with Crippen LogP contribution in [0.2, 0.25) is 0 Å². The van der Waals surface area contributed by atoms with Gasteiger partial charge in [-0.15, -0.1) is 0 Å². The van der Waals surface area contributed by atoms with Crippen molar-refractivity contribution in [1.29, 1.82) is 0 Å². The molecule has 3 aliphatic rings. The normalized spacial score (nSPS) is 16.4. The van der Waals surface area contributed by atoms with E-state index < -0.39 is 0 Å². The van der Waals surface area contributed by atoms with Gasteiger partial charge in [0.1, 0.15) is 0 Å². The first-order chi connectivity index (χ1) is 12.3. The van der Waals surface area contributed by atoms with Crippen molar-refractivity contribution in [2.24, 2.45) is 4.99 Å². The zero-order valence-corrected chi connectivity index (χ0v) is 13.4. The average Bonchev–Trinajstić information content (AvgIpc) is 3.28. The summed E-state index contributed by atoms with van der Waals surface area (Å²) >= 11 is 0. The molecule has 0 aliphatic carbocycles. The van der Waals surface area contributed by atoms with E-state index in [1.54, 1.807) is 18.2 Å². The molecule has 0 unspecified atom stereocenters. The Morgan fingerprint density at radius 3 is 2.48 bits per heavy atom. The fraction of sp³-hybridized carbons (Fsp3) is 0.263. The van der Waals surface area contributed by atoms with Gasteiger partial charge in [-0.25, -0.2) is 0 Å². The second-order valence-corrected chi connectivity index (χ2v) is 6.11. The minimum atomic E-state index is 0.00238. The molecule has 0 radical (unpaired) electrons. The minimum Gasteiger partial charge on any atom is -0.454 e. The van der Waals surface area contributed by atoms with E-state index in [1.807, 2.05) is 12.1 Å². The van der Waals surface area contributed by atoms with Gasteiger partial charge in [0.25, 0.3) is 0 Å².